The summed E-state index contributed by atoms with van der Waals surface area (Å²) in [5.74, 6) is 0. The van der Waals surface area contributed by atoms with Crippen molar-refractivity contribution < 1.29 is 0 Å². The lowest BCUT2D eigenvalue weighted by atomic mass is 10.00. The number of hydrazone groups is 1. The lowest BCUT2D eigenvalue weighted by Crippen LogP contribution is -2.39. The van der Waals surface area contributed by atoms with E-state index in [1.165, 1.54) is 24.8 Å². The van der Waals surface area contributed by atoms with Crippen LogP contribution in [0.1, 0.15) is 38.7 Å². The molecule has 2 heteroatoms. The first-order valence-corrected chi connectivity index (χ1v) is 6.81. The summed E-state index contributed by atoms with van der Waals surface area (Å²) >= 11 is 0. The minimum Gasteiger partial charge on any atom is -0.292 e. The molecule has 96 valence electrons. The monoisotopic (exact) mass is 242 g/mol. The highest BCUT2D eigenvalue weighted by atomic mass is 15.5. The summed E-state index contributed by atoms with van der Waals surface area (Å²) in [5.41, 5.74) is 1.21. The smallest absolute Gasteiger partial charge is 0.0470 e. The summed E-state index contributed by atoms with van der Waals surface area (Å²) in [6.07, 6.45) is 9.85. The van der Waals surface area contributed by atoms with Crippen molar-refractivity contribution in [3.63, 3.8) is 0 Å². The number of nitrogens with zero attached hydrogens (tertiary/aromatic N) is 2. The van der Waals surface area contributed by atoms with Gasteiger partial charge in [0.05, 0.1) is 0 Å². The predicted octanol–water partition coefficient (Wildman–Crippen LogP) is 3.95. The normalized spacial score (nSPS) is 25.1. The minimum absolute atomic E-state index is 0.565. The Hall–Kier alpha value is -1.57. The Labute approximate surface area is 110 Å². The number of hydrogen-bond donors (Lipinski definition) is 0. The van der Waals surface area contributed by atoms with E-state index in [0.29, 0.717) is 12.1 Å². The van der Waals surface area contributed by atoms with Crippen molar-refractivity contribution in [3.8, 4) is 0 Å². The van der Waals surface area contributed by atoms with Crippen LogP contribution in [0, 0.1) is 0 Å². The number of piperidine rings is 1. The average molecular weight is 242 g/mol. The Morgan fingerprint density at radius 2 is 1.78 bits per heavy atom. The van der Waals surface area contributed by atoms with Crippen LogP contribution < -0.4 is 0 Å². The van der Waals surface area contributed by atoms with E-state index in [4.69, 9.17) is 0 Å². The van der Waals surface area contributed by atoms with E-state index >= 15 is 0 Å². The fraction of sp³-hybridized carbons (Fsp3) is 0.438. The van der Waals surface area contributed by atoms with Crippen molar-refractivity contribution in [2.45, 2.75) is 45.2 Å². The van der Waals surface area contributed by atoms with E-state index in [2.05, 4.69) is 42.2 Å². The molecule has 2 rings (SSSR count). The van der Waals surface area contributed by atoms with Crippen LogP contribution in [0.3, 0.4) is 0 Å². The predicted molar refractivity (Wildman–Crippen MR) is 78.6 cm³/mol. The van der Waals surface area contributed by atoms with Gasteiger partial charge >= 0.3 is 0 Å². The molecule has 18 heavy (non-hydrogen) atoms. The van der Waals surface area contributed by atoms with E-state index < -0.39 is 0 Å². The molecule has 0 aromatic heterocycles. The maximum absolute atomic E-state index is 4.58. The maximum Gasteiger partial charge on any atom is 0.0470 e. The first-order chi connectivity index (χ1) is 8.77. The van der Waals surface area contributed by atoms with E-state index in [1.54, 1.807) is 0 Å². The summed E-state index contributed by atoms with van der Waals surface area (Å²) in [6.45, 7) is 4.52. The van der Waals surface area contributed by atoms with Gasteiger partial charge < -0.3 is 0 Å². The Bertz CT molecular complexity index is 398. The van der Waals surface area contributed by atoms with Crippen molar-refractivity contribution in [3.05, 3.63) is 42.0 Å². The minimum atomic E-state index is 0.565. The van der Waals surface area contributed by atoms with Crippen LogP contribution in [0.15, 0.2) is 41.5 Å². The molecule has 0 N–H and O–H groups in total. The van der Waals surface area contributed by atoms with Gasteiger partial charge in [0.1, 0.15) is 0 Å². The van der Waals surface area contributed by atoms with Gasteiger partial charge in [0, 0.05) is 18.3 Å². The molecule has 1 heterocycles. The molecule has 0 saturated carbocycles. The van der Waals surface area contributed by atoms with Crippen molar-refractivity contribution in [1.29, 1.82) is 0 Å². The Morgan fingerprint density at radius 3 is 2.44 bits per heavy atom. The molecule has 0 aliphatic carbocycles. The fourth-order valence-electron chi connectivity index (χ4n) is 2.47. The molecule has 1 aliphatic heterocycles. The van der Waals surface area contributed by atoms with Crippen LogP contribution >= 0.6 is 0 Å². The molecule has 1 saturated heterocycles. The Kier molecular flexibility index (Phi) is 4.57. The van der Waals surface area contributed by atoms with Crippen LogP contribution in [0.5, 0.6) is 0 Å². The van der Waals surface area contributed by atoms with Gasteiger partial charge in [-0.2, -0.15) is 5.10 Å². The fourth-order valence-corrected chi connectivity index (χ4v) is 2.47. The molecule has 2 nitrogen and oxygen atoms in total. The van der Waals surface area contributed by atoms with Gasteiger partial charge in [0.25, 0.3) is 0 Å². The standard InChI is InChI=1S/C16H22N2/c1-14-8-6-9-15(2)18(14)17-13-7-12-16-10-4-3-5-11-16/h3-5,7,10-15H,6,8-9H2,1-2H3/b12-7+,17-13-/t14-,15+. The molecule has 0 amide bonds. The summed E-state index contributed by atoms with van der Waals surface area (Å²) in [6, 6.07) is 11.4. The van der Waals surface area contributed by atoms with Gasteiger partial charge in [-0.1, -0.05) is 36.4 Å². The van der Waals surface area contributed by atoms with Crippen LogP contribution in [0.4, 0.5) is 0 Å². The zero-order valence-electron chi connectivity index (χ0n) is 11.3. The lowest BCUT2D eigenvalue weighted by molar-refractivity contribution is 0.109. The maximum atomic E-state index is 4.58. The Balaban J connectivity index is 1.92. The zero-order valence-corrected chi connectivity index (χ0v) is 11.3. The molecule has 0 spiro atoms. The van der Waals surface area contributed by atoms with Gasteiger partial charge in [0.15, 0.2) is 0 Å². The van der Waals surface area contributed by atoms with Crippen molar-refractivity contribution >= 4 is 12.3 Å². The molecule has 1 aromatic carbocycles. The molecule has 0 unspecified atom stereocenters. The van der Waals surface area contributed by atoms with Crippen molar-refractivity contribution in [2.24, 2.45) is 5.10 Å². The Morgan fingerprint density at radius 1 is 1.11 bits per heavy atom. The number of allylic oxidation sites excluding steroid dienone is 1. The molecular weight excluding hydrogens is 220 g/mol. The molecule has 0 bridgehead atoms. The highest BCUT2D eigenvalue weighted by Gasteiger charge is 2.22. The van der Waals surface area contributed by atoms with Crippen LogP contribution in [-0.4, -0.2) is 23.3 Å². The molecule has 2 atom stereocenters. The lowest BCUT2D eigenvalue weighted by Gasteiger charge is -2.36. The third-order valence-electron chi connectivity index (χ3n) is 3.52. The molecular formula is C16H22N2. The van der Waals surface area contributed by atoms with Gasteiger partial charge in [0.2, 0.25) is 0 Å². The highest BCUT2D eigenvalue weighted by Crippen LogP contribution is 2.22. The topological polar surface area (TPSA) is 15.6 Å². The van der Waals surface area contributed by atoms with Gasteiger partial charge in [-0.05, 0) is 44.7 Å². The molecule has 1 aromatic rings. The van der Waals surface area contributed by atoms with E-state index in [0.717, 1.165) is 0 Å². The third-order valence-corrected chi connectivity index (χ3v) is 3.52. The van der Waals surface area contributed by atoms with Crippen molar-refractivity contribution in [2.75, 3.05) is 0 Å². The second-order valence-corrected chi connectivity index (χ2v) is 5.04. The number of hydrogen-bond acceptors (Lipinski definition) is 2. The van der Waals surface area contributed by atoms with Crippen molar-refractivity contribution in [1.82, 2.24) is 5.01 Å². The van der Waals surface area contributed by atoms with E-state index in [-0.39, 0.29) is 0 Å². The number of rotatable bonds is 3. The summed E-state index contributed by atoms with van der Waals surface area (Å²) < 4.78 is 0. The van der Waals surface area contributed by atoms with E-state index in [1.807, 2.05) is 30.5 Å². The molecule has 1 fully saturated rings. The average Bonchev–Trinajstić information content (AvgIpc) is 2.38. The first-order valence-electron chi connectivity index (χ1n) is 6.81. The SMILES string of the molecule is C[C@@H]1CCC[C@H](C)N1/N=C\C=C\c1ccccc1. The zero-order chi connectivity index (χ0) is 12.8. The van der Waals surface area contributed by atoms with E-state index in [9.17, 15) is 0 Å². The summed E-state index contributed by atoms with van der Waals surface area (Å²) in [5, 5.41) is 6.82. The second kappa shape index (κ2) is 6.39. The van der Waals surface area contributed by atoms with Gasteiger partial charge in [-0.25, -0.2) is 0 Å². The largest absolute Gasteiger partial charge is 0.292 e. The number of benzene rings is 1. The van der Waals surface area contributed by atoms with Gasteiger partial charge in [-0.15, -0.1) is 0 Å². The third kappa shape index (κ3) is 3.46. The van der Waals surface area contributed by atoms with Crippen LogP contribution in [-0.2, 0) is 0 Å². The summed E-state index contributed by atoms with van der Waals surface area (Å²) in [4.78, 5) is 0. The molecule has 1 aliphatic rings. The highest BCUT2D eigenvalue weighted by molar-refractivity contribution is 5.77. The second-order valence-electron chi connectivity index (χ2n) is 5.04. The first kappa shape index (κ1) is 12.9. The van der Waals surface area contributed by atoms with Crippen LogP contribution in [0.25, 0.3) is 6.08 Å². The summed E-state index contributed by atoms with van der Waals surface area (Å²) in [7, 11) is 0. The van der Waals surface area contributed by atoms with Crippen LogP contribution in [0.2, 0.25) is 0 Å². The van der Waals surface area contributed by atoms with Gasteiger partial charge in [-0.3, -0.25) is 5.01 Å². The quantitative estimate of drug-likeness (QED) is 0.733. The molecule has 0 radical (unpaired) electrons.